The predicted molar refractivity (Wildman–Crippen MR) is 68.5 cm³/mol. The molecule has 0 aliphatic carbocycles. The highest BCUT2D eigenvalue weighted by molar-refractivity contribution is 5.93. The first kappa shape index (κ1) is 13.0. The van der Waals surface area contributed by atoms with Crippen LogP contribution < -0.4 is 0 Å². The van der Waals surface area contributed by atoms with E-state index in [4.69, 9.17) is 4.74 Å². The van der Waals surface area contributed by atoms with Gasteiger partial charge in [-0.3, -0.25) is 14.3 Å². The Bertz CT molecular complexity index is 575. The molecule has 0 bridgehead atoms. The monoisotopic (exact) mass is 258 g/mol. The van der Waals surface area contributed by atoms with Gasteiger partial charge in [-0.05, 0) is 12.5 Å². The normalized spacial score (nSPS) is 10.2. The minimum atomic E-state index is -0.387. The molecule has 1 aromatic heterocycles. The molecule has 5 heteroatoms. The molecular formula is C14H14N2O3. The second-order valence-electron chi connectivity index (χ2n) is 4.13. The van der Waals surface area contributed by atoms with Crippen molar-refractivity contribution in [3.63, 3.8) is 0 Å². The van der Waals surface area contributed by atoms with E-state index in [-0.39, 0.29) is 24.9 Å². The Kier molecular flexibility index (Phi) is 4.07. The lowest BCUT2D eigenvalue weighted by Crippen LogP contribution is -2.13. The van der Waals surface area contributed by atoms with Crippen LogP contribution in [0.15, 0.2) is 42.7 Å². The van der Waals surface area contributed by atoms with E-state index in [9.17, 15) is 9.59 Å². The van der Waals surface area contributed by atoms with Crippen LogP contribution in [0, 0.1) is 0 Å². The smallest absolute Gasteiger partial charge is 0.328 e. The van der Waals surface area contributed by atoms with Gasteiger partial charge in [0.1, 0.15) is 13.2 Å². The van der Waals surface area contributed by atoms with Gasteiger partial charge in [0, 0.05) is 6.20 Å². The van der Waals surface area contributed by atoms with Crippen LogP contribution in [-0.2, 0) is 22.7 Å². The molecule has 0 unspecified atom stereocenters. The first-order valence-electron chi connectivity index (χ1n) is 5.88. The molecule has 2 rings (SSSR count). The molecule has 0 spiro atoms. The zero-order valence-corrected chi connectivity index (χ0v) is 10.6. The van der Waals surface area contributed by atoms with Crippen LogP contribution in [0.1, 0.15) is 22.8 Å². The van der Waals surface area contributed by atoms with E-state index in [1.807, 2.05) is 30.3 Å². The van der Waals surface area contributed by atoms with Crippen LogP contribution in [0.25, 0.3) is 0 Å². The molecule has 98 valence electrons. The fourth-order valence-electron chi connectivity index (χ4n) is 1.55. The maximum atomic E-state index is 11.6. The van der Waals surface area contributed by atoms with Crippen molar-refractivity contribution in [1.29, 1.82) is 0 Å². The number of hydrogen-bond donors (Lipinski definition) is 0. The third-order valence-electron chi connectivity index (χ3n) is 2.57. The minimum Gasteiger partial charge on any atom is -0.459 e. The highest BCUT2D eigenvalue weighted by Crippen LogP contribution is 2.02. The van der Waals surface area contributed by atoms with E-state index >= 15 is 0 Å². The average molecular weight is 258 g/mol. The van der Waals surface area contributed by atoms with E-state index in [1.54, 1.807) is 0 Å². The molecule has 0 aliphatic heterocycles. The Hall–Kier alpha value is -2.43. The van der Waals surface area contributed by atoms with Crippen molar-refractivity contribution in [3.8, 4) is 0 Å². The topological polar surface area (TPSA) is 61.2 Å². The molecule has 0 radical (unpaired) electrons. The van der Waals surface area contributed by atoms with Crippen LogP contribution in [0.3, 0.4) is 0 Å². The predicted octanol–water partition coefficient (Wildman–Crippen LogP) is 1.83. The van der Waals surface area contributed by atoms with E-state index in [0.717, 1.165) is 5.56 Å². The fraction of sp³-hybridized carbons (Fsp3) is 0.214. The standard InChI is InChI=1S/C14H14N2O3/c1-11(17)13-7-15-16(8-13)9-14(18)19-10-12-5-3-2-4-6-12/h2-8H,9-10H2,1H3. The molecule has 5 nitrogen and oxygen atoms in total. The number of benzene rings is 1. The van der Waals surface area contributed by atoms with Crippen molar-refractivity contribution >= 4 is 11.8 Å². The zero-order chi connectivity index (χ0) is 13.7. The number of esters is 1. The third-order valence-corrected chi connectivity index (χ3v) is 2.57. The van der Waals surface area contributed by atoms with Crippen molar-refractivity contribution in [2.24, 2.45) is 0 Å². The van der Waals surface area contributed by atoms with Gasteiger partial charge < -0.3 is 4.74 Å². The van der Waals surface area contributed by atoms with Crippen molar-refractivity contribution in [3.05, 3.63) is 53.9 Å². The molecule has 0 N–H and O–H groups in total. The van der Waals surface area contributed by atoms with Crippen LogP contribution in [0.2, 0.25) is 0 Å². The Morgan fingerprint density at radius 3 is 2.63 bits per heavy atom. The van der Waals surface area contributed by atoms with Crippen LogP contribution in [0.4, 0.5) is 0 Å². The molecule has 0 saturated carbocycles. The van der Waals surface area contributed by atoms with Gasteiger partial charge in [0.15, 0.2) is 5.78 Å². The summed E-state index contributed by atoms with van der Waals surface area (Å²) in [5, 5.41) is 3.93. The zero-order valence-electron chi connectivity index (χ0n) is 10.6. The maximum Gasteiger partial charge on any atom is 0.328 e. The largest absolute Gasteiger partial charge is 0.459 e. The summed E-state index contributed by atoms with van der Waals surface area (Å²) in [6.45, 7) is 1.69. The van der Waals surface area contributed by atoms with Gasteiger partial charge in [0.2, 0.25) is 0 Å². The van der Waals surface area contributed by atoms with Gasteiger partial charge >= 0.3 is 5.97 Å². The molecular weight excluding hydrogens is 244 g/mol. The van der Waals surface area contributed by atoms with Crippen LogP contribution in [0.5, 0.6) is 0 Å². The minimum absolute atomic E-state index is 0.000113. The van der Waals surface area contributed by atoms with Gasteiger partial charge in [-0.1, -0.05) is 30.3 Å². The molecule has 0 amide bonds. The fourth-order valence-corrected chi connectivity index (χ4v) is 1.55. The Labute approximate surface area is 110 Å². The summed E-state index contributed by atoms with van der Waals surface area (Å²) < 4.78 is 6.51. The van der Waals surface area contributed by atoms with E-state index in [2.05, 4.69) is 5.10 Å². The number of carbonyl (C=O) groups is 2. The lowest BCUT2D eigenvalue weighted by Gasteiger charge is -2.04. The number of nitrogens with zero attached hydrogens (tertiary/aromatic N) is 2. The molecule has 0 fully saturated rings. The number of rotatable bonds is 5. The lowest BCUT2D eigenvalue weighted by atomic mass is 10.2. The molecule has 0 aliphatic rings. The molecule has 0 atom stereocenters. The van der Waals surface area contributed by atoms with E-state index < -0.39 is 0 Å². The van der Waals surface area contributed by atoms with Gasteiger partial charge in [0.25, 0.3) is 0 Å². The Balaban J connectivity index is 1.85. The van der Waals surface area contributed by atoms with Gasteiger partial charge in [-0.25, -0.2) is 0 Å². The average Bonchev–Trinajstić information content (AvgIpc) is 2.86. The van der Waals surface area contributed by atoms with Crippen molar-refractivity contribution in [2.75, 3.05) is 0 Å². The maximum absolute atomic E-state index is 11.6. The number of carbonyl (C=O) groups excluding carboxylic acids is 2. The highest BCUT2D eigenvalue weighted by Gasteiger charge is 2.08. The van der Waals surface area contributed by atoms with Crippen molar-refractivity contribution in [2.45, 2.75) is 20.1 Å². The van der Waals surface area contributed by atoms with Crippen LogP contribution in [-0.4, -0.2) is 21.5 Å². The second-order valence-corrected chi connectivity index (χ2v) is 4.13. The summed E-state index contributed by atoms with van der Waals surface area (Å²) in [7, 11) is 0. The molecule has 0 saturated heterocycles. The SMILES string of the molecule is CC(=O)c1cnn(CC(=O)OCc2ccccc2)c1. The first-order valence-corrected chi connectivity index (χ1v) is 5.88. The number of ether oxygens (including phenoxy) is 1. The molecule has 1 heterocycles. The summed E-state index contributed by atoms with van der Waals surface area (Å²) in [5.74, 6) is -0.467. The summed E-state index contributed by atoms with van der Waals surface area (Å²) >= 11 is 0. The number of aromatic nitrogens is 2. The molecule has 2 aromatic rings. The van der Waals surface area contributed by atoms with Gasteiger partial charge in [-0.15, -0.1) is 0 Å². The summed E-state index contributed by atoms with van der Waals surface area (Å²) in [6, 6.07) is 9.44. The summed E-state index contributed by atoms with van der Waals surface area (Å²) in [4.78, 5) is 22.7. The summed E-state index contributed by atoms with van der Waals surface area (Å²) in [6.07, 6.45) is 2.97. The Morgan fingerprint density at radius 2 is 2.00 bits per heavy atom. The van der Waals surface area contributed by atoms with E-state index in [1.165, 1.54) is 24.0 Å². The molecule has 19 heavy (non-hydrogen) atoms. The van der Waals surface area contributed by atoms with Crippen molar-refractivity contribution in [1.82, 2.24) is 9.78 Å². The lowest BCUT2D eigenvalue weighted by molar-refractivity contribution is -0.145. The Morgan fingerprint density at radius 1 is 1.26 bits per heavy atom. The third kappa shape index (κ3) is 3.77. The number of Topliss-reactive ketones (excluding diaryl/α,β-unsaturated/α-hetero) is 1. The number of ketones is 1. The summed E-state index contributed by atoms with van der Waals surface area (Å²) in [5.41, 5.74) is 1.41. The quantitative estimate of drug-likeness (QED) is 0.606. The first-order chi connectivity index (χ1) is 9.15. The van der Waals surface area contributed by atoms with Gasteiger partial charge in [-0.2, -0.15) is 5.10 Å². The van der Waals surface area contributed by atoms with Crippen molar-refractivity contribution < 1.29 is 14.3 Å². The highest BCUT2D eigenvalue weighted by atomic mass is 16.5. The van der Waals surface area contributed by atoms with Crippen LogP contribution >= 0.6 is 0 Å². The number of hydrogen-bond acceptors (Lipinski definition) is 4. The molecule has 1 aromatic carbocycles. The van der Waals surface area contributed by atoms with Gasteiger partial charge in [0.05, 0.1) is 11.8 Å². The van der Waals surface area contributed by atoms with E-state index in [0.29, 0.717) is 5.56 Å². The second kappa shape index (κ2) is 5.95.